The van der Waals surface area contributed by atoms with Crippen LogP contribution in [0.3, 0.4) is 0 Å². The first kappa shape index (κ1) is 22.3. The number of benzene rings is 2. The number of methoxy groups -OCH3 is 1. The van der Waals surface area contributed by atoms with Crippen LogP contribution >= 0.6 is 39.5 Å². The number of halogens is 1. The van der Waals surface area contributed by atoms with Crippen molar-refractivity contribution in [3.8, 4) is 5.75 Å². The zero-order chi connectivity index (χ0) is 22.0. The van der Waals surface area contributed by atoms with E-state index in [0.29, 0.717) is 16.8 Å². The van der Waals surface area contributed by atoms with Crippen molar-refractivity contribution in [1.29, 1.82) is 0 Å². The lowest BCUT2D eigenvalue weighted by molar-refractivity contribution is -0.151. The smallest absolute Gasteiger partial charge is 0.356 e. The number of thioether (sulfide) groups is 2. The number of nitrogens with zero attached hydrogens (tertiary/aromatic N) is 1. The molecule has 2 N–H and O–H groups in total. The molecule has 1 fully saturated rings. The van der Waals surface area contributed by atoms with Gasteiger partial charge in [0.1, 0.15) is 29.5 Å². The SMILES string of the molecule is COc1ccc(COC(=O)C2=C(Sc3ccccc3CBr)CS[C@@H]3[C@H](N)C(=O)N23)cc1. The van der Waals surface area contributed by atoms with E-state index in [1.807, 2.05) is 48.5 Å². The first-order valence-corrected chi connectivity index (χ1v) is 12.6. The van der Waals surface area contributed by atoms with E-state index >= 15 is 0 Å². The number of ether oxygens (including phenoxy) is 2. The lowest BCUT2D eigenvalue weighted by atomic mass is 10.1. The Hall–Kier alpha value is -1.94. The first-order chi connectivity index (χ1) is 15.0. The summed E-state index contributed by atoms with van der Waals surface area (Å²) in [5, 5.41) is 0.469. The van der Waals surface area contributed by atoms with Gasteiger partial charge >= 0.3 is 5.97 Å². The largest absolute Gasteiger partial charge is 0.497 e. The summed E-state index contributed by atoms with van der Waals surface area (Å²) in [6, 6.07) is 14.7. The van der Waals surface area contributed by atoms with Crippen LogP contribution in [0.25, 0.3) is 0 Å². The van der Waals surface area contributed by atoms with Gasteiger partial charge in [-0.05, 0) is 29.3 Å². The molecule has 2 aliphatic rings. The third kappa shape index (κ3) is 4.50. The molecule has 1 amide bonds. The van der Waals surface area contributed by atoms with Gasteiger partial charge in [0.05, 0.1) is 7.11 Å². The second kappa shape index (κ2) is 9.68. The molecule has 4 rings (SSSR count). The van der Waals surface area contributed by atoms with E-state index in [0.717, 1.165) is 26.7 Å². The van der Waals surface area contributed by atoms with Crippen LogP contribution in [-0.4, -0.2) is 41.1 Å². The van der Waals surface area contributed by atoms with Crippen molar-refractivity contribution in [2.45, 2.75) is 28.2 Å². The Morgan fingerprint density at radius 2 is 2.00 bits per heavy atom. The summed E-state index contributed by atoms with van der Waals surface area (Å²) in [6.07, 6.45) is 0. The lowest BCUT2D eigenvalue weighted by Crippen LogP contribution is -2.68. The molecule has 2 aliphatic heterocycles. The Kier molecular flexibility index (Phi) is 6.95. The molecule has 6 nitrogen and oxygen atoms in total. The first-order valence-electron chi connectivity index (χ1n) is 9.58. The summed E-state index contributed by atoms with van der Waals surface area (Å²) in [5.41, 5.74) is 8.22. The van der Waals surface area contributed by atoms with Crippen LogP contribution in [0.2, 0.25) is 0 Å². The Morgan fingerprint density at radius 3 is 2.71 bits per heavy atom. The summed E-state index contributed by atoms with van der Waals surface area (Å²) >= 11 is 6.58. The molecule has 1 saturated heterocycles. The van der Waals surface area contributed by atoms with E-state index in [1.165, 1.54) is 16.7 Å². The van der Waals surface area contributed by atoms with Crippen LogP contribution in [0.1, 0.15) is 11.1 Å². The average Bonchev–Trinajstić information content (AvgIpc) is 2.82. The van der Waals surface area contributed by atoms with Crippen LogP contribution < -0.4 is 10.5 Å². The summed E-state index contributed by atoms with van der Waals surface area (Å²) in [6.45, 7) is 0.105. The van der Waals surface area contributed by atoms with Crippen molar-refractivity contribution >= 4 is 51.3 Å². The van der Waals surface area contributed by atoms with Gasteiger partial charge in [-0.3, -0.25) is 9.69 Å². The number of carbonyl (C=O) groups excluding carboxylic acids is 2. The highest BCUT2D eigenvalue weighted by atomic mass is 79.9. The molecule has 2 aromatic carbocycles. The third-order valence-corrected chi connectivity index (χ3v) is 8.34. The van der Waals surface area contributed by atoms with Gasteiger partial charge in [0.2, 0.25) is 5.91 Å². The summed E-state index contributed by atoms with van der Waals surface area (Å²) < 4.78 is 10.8. The molecule has 0 aromatic heterocycles. The zero-order valence-electron chi connectivity index (χ0n) is 16.7. The Labute approximate surface area is 197 Å². The summed E-state index contributed by atoms with van der Waals surface area (Å²) in [5.74, 6) is 0.561. The predicted molar refractivity (Wildman–Crippen MR) is 126 cm³/mol. The maximum absolute atomic E-state index is 13.1. The molecular formula is C22H21BrN2O4S2. The van der Waals surface area contributed by atoms with Crippen molar-refractivity contribution in [3.05, 3.63) is 70.3 Å². The normalized spacial score (nSPS) is 20.2. The molecule has 0 unspecified atom stereocenters. The highest BCUT2D eigenvalue weighted by molar-refractivity contribution is 9.08. The van der Waals surface area contributed by atoms with Gasteiger partial charge in [0.25, 0.3) is 0 Å². The molecule has 0 spiro atoms. The number of rotatable bonds is 7. The minimum absolute atomic E-state index is 0.105. The van der Waals surface area contributed by atoms with E-state index in [2.05, 4.69) is 15.9 Å². The molecule has 31 heavy (non-hydrogen) atoms. The van der Waals surface area contributed by atoms with Gasteiger partial charge in [-0.15, -0.1) is 11.8 Å². The maximum atomic E-state index is 13.1. The van der Waals surface area contributed by atoms with E-state index in [1.54, 1.807) is 18.9 Å². The molecule has 0 radical (unpaired) electrons. The van der Waals surface area contributed by atoms with Crippen molar-refractivity contribution in [2.24, 2.45) is 5.73 Å². The van der Waals surface area contributed by atoms with Crippen LogP contribution in [-0.2, 0) is 26.3 Å². The van der Waals surface area contributed by atoms with Gasteiger partial charge in [0.15, 0.2) is 0 Å². The monoisotopic (exact) mass is 520 g/mol. The van der Waals surface area contributed by atoms with Gasteiger partial charge in [-0.1, -0.05) is 58.0 Å². The number of alkyl halides is 1. The molecule has 2 heterocycles. The van der Waals surface area contributed by atoms with Crippen LogP contribution in [0.5, 0.6) is 5.75 Å². The second-order valence-electron chi connectivity index (χ2n) is 6.97. The molecule has 162 valence electrons. The molecule has 9 heteroatoms. The summed E-state index contributed by atoms with van der Waals surface area (Å²) in [4.78, 5) is 28.9. The highest BCUT2D eigenvalue weighted by Gasteiger charge is 2.52. The number of amides is 1. The molecule has 0 bridgehead atoms. The zero-order valence-corrected chi connectivity index (χ0v) is 20.0. The highest BCUT2D eigenvalue weighted by Crippen LogP contribution is 2.45. The Balaban J connectivity index is 1.59. The lowest BCUT2D eigenvalue weighted by Gasteiger charge is -2.48. The van der Waals surface area contributed by atoms with Crippen LogP contribution in [0.15, 0.2) is 64.0 Å². The maximum Gasteiger partial charge on any atom is 0.356 e. The van der Waals surface area contributed by atoms with Gasteiger partial charge in [0, 0.05) is 20.9 Å². The number of nitrogens with two attached hydrogens (primary N) is 1. The average molecular weight is 521 g/mol. The number of carbonyl (C=O) groups is 2. The molecular weight excluding hydrogens is 500 g/mol. The fourth-order valence-corrected chi connectivity index (χ4v) is 6.56. The number of β-lactam (4-membered cyclic amide) rings is 1. The van der Waals surface area contributed by atoms with E-state index in [9.17, 15) is 9.59 Å². The minimum atomic E-state index is -0.587. The van der Waals surface area contributed by atoms with Crippen molar-refractivity contribution < 1.29 is 19.1 Å². The fourth-order valence-electron chi connectivity index (χ4n) is 3.34. The van der Waals surface area contributed by atoms with Gasteiger partial charge in [-0.2, -0.15) is 0 Å². The Morgan fingerprint density at radius 1 is 1.26 bits per heavy atom. The second-order valence-corrected chi connectivity index (χ2v) is 9.78. The number of esters is 1. The topological polar surface area (TPSA) is 81.9 Å². The van der Waals surface area contributed by atoms with Crippen molar-refractivity contribution in [1.82, 2.24) is 4.90 Å². The van der Waals surface area contributed by atoms with E-state index < -0.39 is 12.0 Å². The molecule has 0 saturated carbocycles. The van der Waals surface area contributed by atoms with Crippen LogP contribution in [0.4, 0.5) is 0 Å². The number of hydrogen-bond acceptors (Lipinski definition) is 7. The van der Waals surface area contributed by atoms with Gasteiger partial charge < -0.3 is 15.2 Å². The van der Waals surface area contributed by atoms with Crippen molar-refractivity contribution in [2.75, 3.05) is 12.9 Å². The van der Waals surface area contributed by atoms with Crippen LogP contribution in [0, 0.1) is 0 Å². The van der Waals surface area contributed by atoms with Crippen molar-refractivity contribution in [3.63, 3.8) is 0 Å². The quantitative estimate of drug-likeness (QED) is 0.337. The molecule has 2 atom stereocenters. The van der Waals surface area contributed by atoms with E-state index in [4.69, 9.17) is 15.2 Å². The van der Waals surface area contributed by atoms with E-state index in [-0.39, 0.29) is 17.9 Å². The molecule has 2 aromatic rings. The summed E-state index contributed by atoms with van der Waals surface area (Å²) in [7, 11) is 1.60. The third-order valence-electron chi connectivity index (χ3n) is 5.05. The fraction of sp³-hybridized carbons (Fsp3) is 0.273. The Bertz CT molecular complexity index is 1030. The molecule has 0 aliphatic carbocycles. The number of fused-ring (bicyclic) bond motifs is 1. The number of hydrogen-bond donors (Lipinski definition) is 1. The minimum Gasteiger partial charge on any atom is -0.497 e. The predicted octanol–water partition coefficient (Wildman–Crippen LogP) is 3.88. The van der Waals surface area contributed by atoms with Gasteiger partial charge in [-0.25, -0.2) is 4.79 Å². The standard InChI is InChI=1S/C22H21BrN2O4S2/c1-28-15-8-6-13(7-9-15)11-29-22(27)19-17(12-30-21-18(24)20(26)25(19)21)31-16-5-3-2-4-14(16)10-23/h2-9,18,21H,10-12,24H2,1H3/t18-,21-/m1/s1.